The van der Waals surface area contributed by atoms with Gasteiger partial charge in [-0.25, -0.2) is 4.39 Å². The Hall–Kier alpha value is -2.73. The molecule has 1 fully saturated rings. The second kappa shape index (κ2) is 9.18. The number of amides is 2. The van der Waals surface area contributed by atoms with E-state index in [2.05, 4.69) is 5.32 Å². The van der Waals surface area contributed by atoms with Gasteiger partial charge in [0, 0.05) is 31.3 Å². The zero-order valence-corrected chi connectivity index (χ0v) is 17.9. The van der Waals surface area contributed by atoms with Gasteiger partial charge in [-0.3, -0.25) is 9.59 Å². The van der Waals surface area contributed by atoms with Gasteiger partial charge in [0.15, 0.2) is 0 Å². The molecule has 5 nitrogen and oxygen atoms in total. The fourth-order valence-corrected chi connectivity index (χ4v) is 5.28. The Kier molecular flexibility index (Phi) is 6.37. The van der Waals surface area contributed by atoms with Crippen molar-refractivity contribution in [3.8, 4) is 0 Å². The zero-order chi connectivity index (χ0) is 21.8. The third-order valence-corrected chi connectivity index (χ3v) is 6.73. The van der Waals surface area contributed by atoms with Crippen LogP contribution in [0.3, 0.4) is 0 Å². The molecule has 0 bridgehead atoms. The monoisotopic (exact) mass is 424 g/mol. The highest BCUT2D eigenvalue weighted by atomic mass is 19.1. The van der Waals surface area contributed by atoms with Crippen LogP contribution in [0.15, 0.2) is 48.5 Å². The van der Waals surface area contributed by atoms with Crippen LogP contribution in [0.2, 0.25) is 0 Å². The molecule has 4 rings (SSSR count). The smallest absolute Gasteiger partial charge is 0.254 e. The van der Waals surface area contributed by atoms with Gasteiger partial charge in [-0.1, -0.05) is 55.7 Å². The summed E-state index contributed by atoms with van der Waals surface area (Å²) in [6, 6.07) is 13.9. The minimum absolute atomic E-state index is 0.0345. The highest BCUT2D eigenvalue weighted by molar-refractivity contribution is 6.02. The number of halogens is 1. The lowest BCUT2D eigenvalue weighted by Crippen LogP contribution is -2.63. The molecule has 1 atom stereocenters. The maximum Gasteiger partial charge on any atom is 0.254 e. The number of ether oxygens (including phenoxy) is 1. The van der Waals surface area contributed by atoms with Gasteiger partial charge in [0.1, 0.15) is 5.82 Å². The Balaban J connectivity index is 1.72. The van der Waals surface area contributed by atoms with E-state index in [9.17, 15) is 14.0 Å². The largest absolute Gasteiger partial charge is 0.383 e. The number of nitrogens with zero attached hydrogens (tertiary/aromatic N) is 1. The minimum Gasteiger partial charge on any atom is -0.383 e. The van der Waals surface area contributed by atoms with Gasteiger partial charge < -0.3 is 15.0 Å². The van der Waals surface area contributed by atoms with Gasteiger partial charge in [0.2, 0.25) is 5.91 Å². The molecule has 6 heteroatoms. The molecule has 2 aliphatic rings. The van der Waals surface area contributed by atoms with Crippen LogP contribution in [0.1, 0.15) is 59.5 Å². The Morgan fingerprint density at radius 1 is 1.13 bits per heavy atom. The van der Waals surface area contributed by atoms with E-state index in [1.54, 1.807) is 31.4 Å². The molecule has 0 radical (unpaired) electrons. The quantitative estimate of drug-likeness (QED) is 0.762. The number of carbonyl (C=O) groups is 2. The lowest BCUT2D eigenvalue weighted by atomic mass is 9.65. The maximum absolute atomic E-state index is 14.1. The standard InChI is InChI=1S/C25H29FN2O3/c1-31-16-15-28-24(30)20-11-5-4-10-19(20)22(25(28)13-7-2-8-14-25)23(29)27-17-18-9-3-6-12-21(18)26/h3-6,9-12,22H,2,7-8,13-17H2,1H3,(H,27,29)/t22-/m0/s1. The molecule has 0 aromatic heterocycles. The lowest BCUT2D eigenvalue weighted by molar-refractivity contribution is -0.127. The van der Waals surface area contributed by atoms with Crippen LogP contribution in [0.25, 0.3) is 0 Å². The molecule has 2 aromatic carbocycles. The molecule has 2 amide bonds. The summed E-state index contributed by atoms with van der Waals surface area (Å²) in [6.45, 7) is 0.978. The molecule has 1 saturated carbocycles. The number of nitrogens with one attached hydrogen (secondary N) is 1. The molecule has 1 aliphatic heterocycles. The summed E-state index contributed by atoms with van der Waals surface area (Å²) in [5, 5.41) is 2.97. The molecular formula is C25H29FN2O3. The van der Waals surface area contributed by atoms with Gasteiger partial charge in [-0.05, 0) is 30.5 Å². The topological polar surface area (TPSA) is 58.6 Å². The van der Waals surface area contributed by atoms with Gasteiger partial charge in [0.05, 0.1) is 18.1 Å². The summed E-state index contributed by atoms with van der Waals surface area (Å²) in [7, 11) is 1.62. The van der Waals surface area contributed by atoms with Crippen molar-refractivity contribution < 1.29 is 18.7 Å². The maximum atomic E-state index is 14.1. The van der Waals surface area contributed by atoms with Crippen LogP contribution in [-0.4, -0.2) is 42.5 Å². The van der Waals surface area contributed by atoms with Crippen molar-refractivity contribution in [1.82, 2.24) is 10.2 Å². The Morgan fingerprint density at radius 2 is 1.84 bits per heavy atom. The van der Waals surface area contributed by atoms with Crippen molar-refractivity contribution in [3.63, 3.8) is 0 Å². The van der Waals surface area contributed by atoms with E-state index >= 15 is 0 Å². The van der Waals surface area contributed by atoms with E-state index in [4.69, 9.17) is 4.74 Å². The molecule has 0 unspecified atom stereocenters. The average Bonchev–Trinajstić information content (AvgIpc) is 2.79. The highest BCUT2D eigenvalue weighted by Crippen LogP contribution is 2.49. The van der Waals surface area contributed by atoms with E-state index < -0.39 is 11.5 Å². The lowest BCUT2D eigenvalue weighted by Gasteiger charge is -2.53. The Bertz CT molecular complexity index is 955. The number of hydrogen-bond donors (Lipinski definition) is 1. The summed E-state index contributed by atoms with van der Waals surface area (Å²) in [6.07, 6.45) is 4.58. The van der Waals surface area contributed by atoms with Crippen molar-refractivity contribution in [2.75, 3.05) is 20.3 Å². The van der Waals surface area contributed by atoms with Crippen LogP contribution >= 0.6 is 0 Å². The second-order valence-corrected chi connectivity index (χ2v) is 8.44. The molecule has 1 N–H and O–H groups in total. The zero-order valence-electron chi connectivity index (χ0n) is 17.9. The van der Waals surface area contributed by atoms with Gasteiger partial charge in [0.25, 0.3) is 5.91 Å². The Labute approximate surface area is 182 Å². The summed E-state index contributed by atoms with van der Waals surface area (Å²) in [5.41, 5.74) is 1.21. The molecule has 31 heavy (non-hydrogen) atoms. The number of methoxy groups -OCH3 is 1. The summed E-state index contributed by atoms with van der Waals surface area (Å²) >= 11 is 0. The number of carbonyl (C=O) groups excluding carboxylic acids is 2. The van der Waals surface area contributed by atoms with Crippen LogP contribution < -0.4 is 5.32 Å². The summed E-state index contributed by atoms with van der Waals surface area (Å²) < 4.78 is 19.4. The van der Waals surface area contributed by atoms with Crippen LogP contribution in [0, 0.1) is 5.82 Å². The predicted molar refractivity (Wildman–Crippen MR) is 116 cm³/mol. The van der Waals surface area contributed by atoms with Crippen molar-refractivity contribution >= 4 is 11.8 Å². The first-order valence-electron chi connectivity index (χ1n) is 11.0. The molecule has 0 saturated heterocycles. The van der Waals surface area contributed by atoms with Crippen molar-refractivity contribution in [2.24, 2.45) is 0 Å². The van der Waals surface area contributed by atoms with Crippen LogP contribution in [0.5, 0.6) is 0 Å². The SMILES string of the molecule is COCCN1C(=O)c2ccccc2[C@@H](C(=O)NCc2ccccc2F)C12CCCCC2. The van der Waals surface area contributed by atoms with Crippen molar-refractivity contribution in [2.45, 2.75) is 50.1 Å². The molecule has 1 heterocycles. The van der Waals surface area contributed by atoms with Crippen LogP contribution in [0.4, 0.5) is 4.39 Å². The number of benzene rings is 2. The normalized spacial score (nSPS) is 19.9. The van der Waals surface area contributed by atoms with Crippen molar-refractivity contribution in [3.05, 3.63) is 71.0 Å². The molecule has 2 aromatic rings. The third-order valence-electron chi connectivity index (χ3n) is 6.73. The fourth-order valence-electron chi connectivity index (χ4n) is 5.28. The third kappa shape index (κ3) is 3.97. The Morgan fingerprint density at radius 3 is 2.58 bits per heavy atom. The molecular weight excluding hydrogens is 395 g/mol. The first kappa shape index (κ1) is 21.5. The van der Waals surface area contributed by atoms with Gasteiger partial charge in [-0.15, -0.1) is 0 Å². The summed E-state index contributed by atoms with van der Waals surface area (Å²) in [4.78, 5) is 29.0. The fraction of sp³-hybridized carbons (Fsp3) is 0.440. The average molecular weight is 425 g/mol. The van der Waals surface area contributed by atoms with Crippen molar-refractivity contribution in [1.29, 1.82) is 0 Å². The van der Waals surface area contributed by atoms with E-state index in [1.165, 1.54) is 6.07 Å². The van der Waals surface area contributed by atoms with E-state index in [-0.39, 0.29) is 24.2 Å². The first-order chi connectivity index (χ1) is 15.1. The summed E-state index contributed by atoms with van der Waals surface area (Å²) in [5.74, 6) is -1.03. The minimum atomic E-state index is -0.582. The predicted octanol–water partition coefficient (Wildman–Crippen LogP) is 4.03. The first-order valence-corrected chi connectivity index (χ1v) is 11.0. The number of rotatable bonds is 6. The highest BCUT2D eigenvalue weighted by Gasteiger charge is 2.54. The van der Waals surface area contributed by atoms with E-state index in [0.29, 0.717) is 24.3 Å². The second-order valence-electron chi connectivity index (χ2n) is 8.44. The van der Waals surface area contributed by atoms with E-state index in [0.717, 1.165) is 37.7 Å². The van der Waals surface area contributed by atoms with Gasteiger partial charge >= 0.3 is 0 Å². The molecule has 164 valence electrons. The van der Waals surface area contributed by atoms with Gasteiger partial charge in [-0.2, -0.15) is 0 Å². The number of hydrogen-bond acceptors (Lipinski definition) is 3. The number of fused-ring (bicyclic) bond motifs is 1. The molecule has 1 aliphatic carbocycles. The van der Waals surface area contributed by atoms with Crippen LogP contribution in [-0.2, 0) is 16.1 Å². The molecule has 1 spiro atoms. The van der Waals surface area contributed by atoms with E-state index in [1.807, 2.05) is 23.1 Å².